The molecular formula is C11H20N2O3. The van der Waals surface area contributed by atoms with Crippen LogP contribution in [0.3, 0.4) is 0 Å². The number of carbonyl (C=O) groups is 1. The van der Waals surface area contributed by atoms with Crippen LogP contribution < -0.4 is 10.6 Å². The van der Waals surface area contributed by atoms with E-state index >= 15 is 0 Å². The Balaban J connectivity index is 2.14. The molecule has 92 valence electrons. The molecule has 1 heterocycles. The molecule has 0 aromatic heterocycles. The minimum Gasteiger partial charge on any atom is -0.481 e. The van der Waals surface area contributed by atoms with Gasteiger partial charge < -0.3 is 20.5 Å². The van der Waals surface area contributed by atoms with Gasteiger partial charge in [-0.15, -0.1) is 0 Å². The first-order chi connectivity index (χ1) is 7.54. The maximum absolute atomic E-state index is 10.7. The van der Waals surface area contributed by atoms with Crippen LogP contribution in [0.25, 0.3) is 0 Å². The Bertz CT molecular complexity index is 262. The van der Waals surface area contributed by atoms with E-state index in [1.165, 1.54) is 0 Å². The summed E-state index contributed by atoms with van der Waals surface area (Å²) >= 11 is 0. The first kappa shape index (κ1) is 13.2. The van der Waals surface area contributed by atoms with Gasteiger partial charge in [-0.2, -0.15) is 0 Å². The fourth-order valence-electron chi connectivity index (χ4n) is 1.66. The third-order valence-electron chi connectivity index (χ3n) is 2.51. The fourth-order valence-corrected chi connectivity index (χ4v) is 1.66. The van der Waals surface area contributed by atoms with Crippen molar-refractivity contribution >= 4 is 5.97 Å². The molecule has 0 radical (unpaired) electrons. The number of hydrogen-bond acceptors (Lipinski definition) is 4. The van der Waals surface area contributed by atoms with Crippen molar-refractivity contribution in [3.8, 4) is 0 Å². The van der Waals surface area contributed by atoms with Crippen molar-refractivity contribution < 1.29 is 14.6 Å². The van der Waals surface area contributed by atoms with Crippen LogP contribution in [-0.4, -0.2) is 49.5 Å². The molecule has 0 unspecified atom stereocenters. The van der Waals surface area contributed by atoms with Crippen molar-refractivity contribution in [2.75, 3.05) is 32.8 Å². The molecule has 5 nitrogen and oxygen atoms in total. The van der Waals surface area contributed by atoms with Crippen LogP contribution in [0.15, 0.2) is 12.2 Å². The van der Waals surface area contributed by atoms with Crippen molar-refractivity contribution in [3.05, 3.63) is 12.2 Å². The number of hydrogen-bond donors (Lipinski definition) is 3. The van der Waals surface area contributed by atoms with E-state index in [1.54, 1.807) is 0 Å². The lowest BCUT2D eigenvalue weighted by Gasteiger charge is -2.42. The topological polar surface area (TPSA) is 70.6 Å². The minimum absolute atomic E-state index is 0.153. The summed E-state index contributed by atoms with van der Waals surface area (Å²) in [6.45, 7) is 8.87. The van der Waals surface area contributed by atoms with E-state index in [2.05, 4.69) is 17.2 Å². The molecule has 0 amide bonds. The molecular weight excluding hydrogens is 208 g/mol. The van der Waals surface area contributed by atoms with Crippen LogP contribution in [0.4, 0.5) is 0 Å². The Labute approximate surface area is 95.9 Å². The van der Waals surface area contributed by atoms with Gasteiger partial charge in [0.25, 0.3) is 0 Å². The van der Waals surface area contributed by atoms with E-state index in [-0.39, 0.29) is 12.0 Å². The number of ether oxygens (including phenoxy) is 1. The smallest absolute Gasteiger partial charge is 0.305 e. The largest absolute Gasteiger partial charge is 0.481 e. The second-order valence-corrected chi connectivity index (χ2v) is 4.39. The molecule has 0 bridgehead atoms. The first-order valence-corrected chi connectivity index (χ1v) is 5.44. The van der Waals surface area contributed by atoms with Gasteiger partial charge >= 0.3 is 5.97 Å². The van der Waals surface area contributed by atoms with Gasteiger partial charge in [-0.1, -0.05) is 12.2 Å². The maximum atomic E-state index is 10.7. The van der Waals surface area contributed by atoms with E-state index in [1.807, 2.05) is 6.92 Å². The van der Waals surface area contributed by atoms with Crippen LogP contribution in [-0.2, 0) is 9.53 Å². The zero-order chi connectivity index (χ0) is 12.0. The summed E-state index contributed by atoms with van der Waals surface area (Å²) in [6, 6.07) is 0. The van der Waals surface area contributed by atoms with Crippen LogP contribution in [0.5, 0.6) is 0 Å². The molecule has 0 spiro atoms. The molecule has 16 heavy (non-hydrogen) atoms. The molecule has 1 rings (SSSR count). The Morgan fingerprint density at radius 3 is 2.75 bits per heavy atom. The summed E-state index contributed by atoms with van der Waals surface area (Å²) in [6.07, 6.45) is 0.153. The quantitative estimate of drug-likeness (QED) is 0.402. The van der Waals surface area contributed by atoms with Crippen LogP contribution in [0.1, 0.15) is 13.3 Å². The molecule has 0 atom stereocenters. The second-order valence-electron chi connectivity index (χ2n) is 4.39. The Morgan fingerprint density at radius 2 is 2.31 bits per heavy atom. The lowest BCUT2D eigenvalue weighted by molar-refractivity contribution is -0.139. The normalized spacial score (nSPS) is 17.8. The Hall–Kier alpha value is -0.910. The fraction of sp³-hybridized carbons (Fsp3) is 0.727. The lowest BCUT2D eigenvalue weighted by Crippen LogP contribution is -2.68. The maximum Gasteiger partial charge on any atom is 0.305 e. The van der Waals surface area contributed by atoms with Crippen LogP contribution in [0, 0.1) is 0 Å². The summed E-state index contributed by atoms with van der Waals surface area (Å²) in [5.41, 5.74) is 0.712. The predicted octanol–water partition coefficient (Wildman–Crippen LogP) is -0.0146. The van der Waals surface area contributed by atoms with Gasteiger partial charge in [0.15, 0.2) is 0 Å². The van der Waals surface area contributed by atoms with Crippen molar-refractivity contribution in [2.45, 2.75) is 18.9 Å². The average molecular weight is 228 g/mol. The molecule has 0 aliphatic carbocycles. The number of carboxylic acid groups (broad SMARTS) is 1. The average Bonchev–Trinajstić information content (AvgIpc) is 2.11. The molecule has 0 aromatic rings. The van der Waals surface area contributed by atoms with E-state index in [0.29, 0.717) is 32.8 Å². The highest BCUT2D eigenvalue weighted by Gasteiger charge is 2.38. The highest BCUT2D eigenvalue weighted by molar-refractivity contribution is 5.68. The molecule has 0 aromatic carbocycles. The van der Waals surface area contributed by atoms with Crippen LogP contribution >= 0.6 is 0 Å². The molecule has 1 aliphatic rings. The summed E-state index contributed by atoms with van der Waals surface area (Å²) in [5, 5.41) is 15.1. The van der Waals surface area contributed by atoms with Gasteiger partial charge in [-0.3, -0.25) is 4.79 Å². The number of nitrogens with one attached hydrogen (secondary N) is 2. The van der Waals surface area contributed by atoms with Crippen molar-refractivity contribution in [3.63, 3.8) is 0 Å². The van der Waals surface area contributed by atoms with Crippen molar-refractivity contribution in [1.82, 2.24) is 10.6 Å². The SMILES string of the molecule is C=C(C)COCCNC1(CC(=O)O)CNC1. The van der Waals surface area contributed by atoms with Crippen molar-refractivity contribution in [2.24, 2.45) is 0 Å². The zero-order valence-corrected chi connectivity index (χ0v) is 9.71. The van der Waals surface area contributed by atoms with Gasteiger partial charge in [-0.25, -0.2) is 0 Å². The monoisotopic (exact) mass is 228 g/mol. The second kappa shape index (κ2) is 5.98. The van der Waals surface area contributed by atoms with E-state index in [4.69, 9.17) is 9.84 Å². The summed E-state index contributed by atoms with van der Waals surface area (Å²) in [7, 11) is 0. The molecule has 1 aliphatic heterocycles. The van der Waals surface area contributed by atoms with Crippen molar-refractivity contribution in [1.29, 1.82) is 0 Å². The molecule has 1 fully saturated rings. The van der Waals surface area contributed by atoms with Crippen LogP contribution in [0.2, 0.25) is 0 Å². The minimum atomic E-state index is -0.767. The highest BCUT2D eigenvalue weighted by Crippen LogP contribution is 2.15. The molecule has 5 heteroatoms. The standard InChI is InChI=1S/C11H20N2O3/c1-9(2)6-16-4-3-13-11(5-10(14)15)7-12-8-11/h12-13H,1,3-8H2,2H3,(H,14,15). The van der Waals surface area contributed by atoms with E-state index < -0.39 is 5.97 Å². The van der Waals surface area contributed by atoms with E-state index in [9.17, 15) is 4.79 Å². The summed E-state index contributed by atoms with van der Waals surface area (Å²) in [5.74, 6) is -0.767. The van der Waals surface area contributed by atoms with Gasteiger partial charge in [0.2, 0.25) is 0 Å². The summed E-state index contributed by atoms with van der Waals surface area (Å²) in [4.78, 5) is 10.7. The van der Waals surface area contributed by atoms with E-state index in [0.717, 1.165) is 5.57 Å². The number of carboxylic acids is 1. The van der Waals surface area contributed by atoms with Gasteiger partial charge in [-0.05, 0) is 6.92 Å². The number of rotatable bonds is 8. The summed E-state index contributed by atoms with van der Waals surface area (Å²) < 4.78 is 5.33. The highest BCUT2D eigenvalue weighted by atomic mass is 16.5. The Kier molecular flexibility index (Phi) is 4.92. The van der Waals surface area contributed by atoms with Gasteiger partial charge in [0, 0.05) is 19.6 Å². The Morgan fingerprint density at radius 1 is 1.62 bits per heavy atom. The zero-order valence-electron chi connectivity index (χ0n) is 9.71. The molecule has 0 saturated carbocycles. The van der Waals surface area contributed by atoms with Gasteiger partial charge in [0.05, 0.1) is 25.2 Å². The molecule has 3 N–H and O–H groups in total. The first-order valence-electron chi connectivity index (χ1n) is 5.44. The number of aliphatic carboxylic acids is 1. The predicted molar refractivity (Wildman–Crippen MR) is 61.5 cm³/mol. The lowest BCUT2D eigenvalue weighted by atomic mass is 9.88. The third-order valence-corrected chi connectivity index (χ3v) is 2.51. The van der Waals surface area contributed by atoms with Gasteiger partial charge in [0.1, 0.15) is 0 Å². The third kappa shape index (κ3) is 4.30. The molecule has 1 saturated heterocycles.